The van der Waals surface area contributed by atoms with Gasteiger partial charge in [-0.15, -0.1) is 11.8 Å². The van der Waals surface area contributed by atoms with Gasteiger partial charge in [-0.05, 0) is 44.7 Å². The fraction of sp³-hybridized carbons (Fsp3) is 0.421. The number of amides is 2. The van der Waals surface area contributed by atoms with Crippen LogP contribution in [0.25, 0.3) is 0 Å². The molecule has 1 aromatic carbocycles. The van der Waals surface area contributed by atoms with Crippen LogP contribution in [-0.4, -0.2) is 34.5 Å². The molecule has 2 heterocycles. The van der Waals surface area contributed by atoms with Crippen LogP contribution in [0.3, 0.4) is 0 Å². The lowest BCUT2D eigenvalue weighted by Gasteiger charge is -2.31. The van der Waals surface area contributed by atoms with E-state index < -0.39 is 0 Å². The minimum atomic E-state index is -0.364. The van der Waals surface area contributed by atoms with Gasteiger partial charge in [-0.2, -0.15) is 0 Å². The summed E-state index contributed by atoms with van der Waals surface area (Å²) >= 11 is 1.33. The van der Waals surface area contributed by atoms with Gasteiger partial charge in [0.1, 0.15) is 5.76 Å². The molecular weight excluding hydrogens is 350 g/mol. The summed E-state index contributed by atoms with van der Waals surface area (Å²) in [7, 11) is 0. The lowest BCUT2D eigenvalue weighted by Crippen LogP contribution is -2.38. The maximum atomic E-state index is 12.7. The van der Waals surface area contributed by atoms with Crippen LogP contribution in [-0.2, 0) is 16.0 Å². The number of benzene rings is 1. The van der Waals surface area contributed by atoms with Crippen LogP contribution in [0.4, 0.5) is 11.5 Å². The Morgan fingerprint density at radius 3 is 2.92 bits per heavy atom. The summed E-state index contributed by atoms with van der Waals surface area (Å²) in [6.45, 7) is 6.32. The number of thioether (sulfide) groups is 1. The number of fused-ring (bicyclic) bond motifs is 1. The molecule has 0 saturated heterocycles. The van der Waals surface area contributed by atoms with E-state index in [-0.39, 0.29) is 22.8 Å². The molecule has 0 bridgehead atoms. The van der Waals surface area contributed by atoms with Crippen LogP contribution in [0.1, 0.15) is 30.2 Å². The first-order valence-electron chi connectivity index (χ1n) is 8.70. The number of nitrogens with zero attached hydrogens (tertiary/aromatic N) is 2. The number of hydrogen-bond acceptors (Lipinski definition) is 5. The Kier molecular flexibility index (Phi) is 5.66. The van der Waals surface area contributed by atoms with Crippen molar-refractivity contribution in [2.75, 3.05) is 22.5 Å². The second kappa shape index (κ2) is 7.95. The zero-order chi connectivity index (χ0) is 18.7. The number of rotatable bonds is 5. The van der Waals surface area contributed by atoms with Crippen molar-refractivity contribution in [1.29, 1.82) is 0 Å². The molecule has 0 spiro atoms. The van der Waals surface area contributed by atoms with Gasteiger partial charge in [0.05, 0.1) is 11.0 Å². The molecule has 0 fully saturated rings. The Morgan fingerprint density at radius 1 is 1.38 bits per heavy atom. The van der Waals surface area contributed by atoms with Crippen molar-refractivity contribution in [3.05, 3.63) is 41.2 Å². The SMILES string of the molecule is Cc1cc(NC(=O)C(C)SCC(=O)N2CCCc3cccc(C)c32)no1. The van der Waals surface area contributed by atoms with Gasteiger partial charge in [0, 0.05) is 18.3 Å². The molecule has 3 rings (SSSR count). The molecule has 1 atom stereocenters. The summed E-state index contributed by atoms with van der Waals surface area (Å²) < 4.78 is 4.93. The Morgan fingerprint density at radius 2 is 2.19 bits per heavy atom. The van der Waals surface area contributed by atoms with E-state index in [1.165, 1.54) is 17.3 Å². The van der Waals surface area contributed by atoms with Gasteiger partial charge >= 0.3 is 0 Å². The lowest BCUT2D eigenvalue weighted by atomic mass is 9.98. The second-order valence-electron chi connectivity index (χ2n) is 6.50. The molecule has 1 aliphatic rings. The van der Waals surface area contributed by atoms with Gasteiger partial charge in [0.2, 0.25) is 11.8 Å². The van der Waals surface area contributed by atoms with Crippen molar-refractivity contribution >= 4 is 35.1 Å². The zero-order valence-corrected chi connectivity index (χ0v) is 16.1. The number of nitrogens with one attached hydrogen (secondary N) is 1. The summed E-state index contributed by atoms with van der Waals surface area (Å²) in [6.07, 6.45) is 1.97. The van der Waals surface area contributed by atoms with Crippen molar-refractivity contribution < 1.29 is 14.1 Å². The van der Waals surface area contributed by atoms with Crippen LogP contribution in [0.15, 0.2) is 28.8 Å². The topological polar surface area (TPSA) is 75.4 Å². The van der Waals surface area contributed by atoms with Gasteiger partial charge in [0.15, 0.2) is 5.82 Å². The Labute approximate surface area is 157 Å². The van der Waals surface area contributed by atoms with Gasteiger partial charge in [-0.25, -0.2) is 0 Å². The molecule has 0 saturated carbocycles. The highest BCUT2D eigenvalue weighted by Crippen LogP contribution is 2.31. The summed E-state index contributed by atoms with van der Waals surface area (Å²) in [5.41, 5.74) is 3.38. The second-order valence-corrected chi connectivity index (χ2v) is 7.83. The van der Waals surface area contributed by atoms with Gasteiger partial charge in [-0.1, -0.05) is 23.4 Å². The quantitative estimate of drug-likeness (QED) is 0.870. The van der Waals surface area contributed by atoms with Crippen LogP contribution in [0.2, 0.25) is 0 Å². The van der Waals surface area contributed by atoms with Crippen LogP contribution >= 0.6 is 11.8 Å². The average molecular weight is 373 g/mol. The maximum Gasteiger partial charge on any atom is 0.238 e. The van der Waals surface area contributed by atoms with Gasteiger partial charge in [0.25, 0.3) is 0 Å². The third-order valence-electron chi connectivity index (χ3n) is 4.43. The highest BCUT2D eigenvalue weighted by atomic mass is 32.2. The van der Waals surface area contributed by atoms with Crippen LogP contribution in [0.5, 0.6) is 0 Å². The summed E-state index contributed by atoms with van der Waals surface area (Å²) in [5, 5.41) is 6.09. The first-order chi connectivity index (χ1) is 12.5. The molecule has 1 aromatic heterocycles. The van der Waals surface area contributed by atoms with Gasteiger partial charge in [-0.3, -0.25) is 9.59 Å². The van der Waals surface area contributed by atoms with E-state index in [0.717, 1.165) is 30.6 Å². The average Bonchev–Trinajstić information content (AvgIpc) is 3.03. The summed E-state index contributed by atoms with van der Waals surface area (Å²) in [5.74, 6) is 1.15. The van der Waals surface area contributed by atoms with Crippen LogP contribution < -0.4 is 10.2 Å². The largest absolute Gasteiger partial charge is 0.360 e. The maximum absolute atomic E-state index is 12.7. The fourth-order valence-corrected chi connectivity index (χ4v) is 3.86. The highest BCUT2D eigenvalue weighted by molar-refractivity contribution is 8.01. The molecule has 0 aliphatic carbocycles. The van der Waals surface area contributed by atoms with E-state index >= 15 is 0 Å². The first-order valence-corrected chi connectivity index (χ1v) is 9.75. The molecule has 26 heavy (non-hydrogen) atoms. The number of carbonyl (C=O) groups excluding carboxylic acids is 2. The molecule has 2 amide bonds. The third kappa shape index (κ3) is 4.09. The van der Waals surface area contributed by atoms with Gasteiger partial charge < -0.3 is 14.7 Å². The standard InChI is InChI=1S/C19H23N3O3S/c1-12-6-4-7-15-8-5-9-22(18(12)15)17(23)11-26-14(3)19(24)20-16-10-13(2)25-21-16/h4,6-7,10,14H,5,8-9,11H2,1-3H3,(H,20,21,24). The summed E-state index contributed by atoms with van der Waals surface area (Å²) in [4.78, 5) is 26.8. The summed E-state index contributed by atoms with van der Waals surface area (Å²) in [6, 6.07) is 7.82. The number of anilines is 2. The molecule has 1 unspecified atom stereocenters. The van der Waals surface area contributed by atoms with E-state index in [4.69, 9.17) is 4.52 Å². The predicted octanol–water partition coefficient (Wildman–Crippen LogP) is 3.33. The van der Waals surface area contributed by atoms with E-state index in [9.17, 15) is 9.59 Å². The van der Waals surface area contributed by atoms with Crippen molar-refractivity contribution in [3.63, 3.8) is 0 Å². The first kappa shape index (κ1) is 18.5. The van der Waals surface area contributed by atoms with E-state index in [1.54, 1.807) is 19.9 Å². The number of hydrogen-bond donors (Lipinski definition) is 1. The van der Waals surface area contributed by atoms with E-state index in [0.29, 0.717) is 11.6 Å². The number of aryl methyl sites for hydroxylation is 3. The molecule has 2 aromatic rings. The van der Waals surface area contributed by atoms with E-state index in [1.807, 2.05) is 24.0 Å². The molecule has 7 heteroatoms. The minimum Gasteiger partial charge on any atom is -0.360 e. The molecular formula is C19H23N3O3S. The fourth-order valence-electron chi connectivity index (χ4n) is 3.10. The van der Waals surface area contributed by atoms with Crippen LogP contribution in [0, 0.1) is 13.8 Å². The molecule has 138 valence electrons. The Bertz CT molecular complexity index is 818. The molecule has 6 nitrogen and oxygen atoms in total. The minimum absolute atomic E-state index is 0.0437. The Balaban J connectivity index is 1.58. The normalized spacial score (nSPS) is 14.7. The molecule has 1 aliphatic heterocycles. The highest BCUT2D eigenvalue weighted by Gasteiger charge is 2.25. The molecule has 0 radical (unpaired) electrons. The smallest absolute Gasteiger partial charge is 0.238 e. The molecule has 1 N–H and O–H groups in total. The van der Waals surface area contributed by atoms with Crippen molar-refractivity contribution in [1.82, 2.24) is 5.16 Å². The predicted molar refractivity (Wildman–Crippen MR) is 104 cm³/mol. The van der Waals surface area contributed by atoms with E-state index in [2.05, 4.69) is 16.5 Å². The zero-order valence-electron chi connectivity index (χ0n) is 15.2. The van der Waals surface area contributed by atoms with Crippen molar-refractivity contribution in [3.8, 4) is 0 Å². The van der Waals surface area contributed by atoms with Crippen molar-refractivity contribution in [2.45, 2.75) is 38.9 Å². The van der Waals surface area contributed by atoms with Crippen molar-refractivity contribution in [2.24, 2.45) is 0 Å². The third-order valence-corrected chi connectivity index (χ3v) is 5.55. The number of aromatic nitrogens is 1. The monoisotopic (exact) mass is 373 g/mol. The lowest BCUT2D eigenvalue weighted by molar-refractivity contribution is -0.116. The number of carbonyl (C=O) groups is 2. The Hall–Kier alpha value is -2.28. The number of para-hydroxylation sites is 1.